The molecule has 3 rings (SSSR count). The Morgan fingerprint density at radius 3 is 2.76 bits per heavy atom. The van der Waals surface area contributed by atoms with Gasteiger partial charge in [0.1, 0.15) is 11.7 Å². The van der Waals surface area contributed by atoms with Crippen molar-refractivity contribution in [3.05, 3.63) is 35.8 Å². The number of nitrogens with one attached hydrogen (secondary N) is 2. The summed E-state index contributed by atoms with van der Waals surface area (Å²) >= 11 is 0. The number of nitrogens with zero attached hydrogens (tertiary/aromatic N) is 4. The topological polar surface area (TPSA) is 111 Å². The van der Waals surface area contributed by atoms with Crippen LogP contribution < -0.4 is 5.32 Å². The molecule has 0 saturated carbocycles. The number of rotatable bonds is 4. The maximum atomic E-state index is 12.9. The third-order valence-corrected chi connectivity index (χ3v) is 3.42. The summed E-state index contributed by atoms with van der Waals surface area (Å²) in [6.45, 7) is 0.0453. The molecule has 0 aromatic carbocycles. The molecular weight excluding hydrogens is 337 g/mol. The summed E-state index contributed by atoms with van der Waals surface area (Å²) in [4.78, 5) is 14.7. The van der Waals surface area contributed by atoms with Gasteiger partial charge in [-0.15, -0.1) is 0 Å². The monoisotopic (exact) mass is 348 g/mol. The maximum absolute atomic E-state index is 12.9. The first-order chi connectivity index (χ1) is 11.9. The number of aromatic nitrogens is 4. The quantitative estimate of drug-likeness (QED) is 0.667. The van der Waals surface area contributed by atoms with Gasteiger partial charge in [0.05, 0.1) is 29.6 Å². The lowest BCUT2D eigenvalue weighted by Crippen LogP contribution is -2.09. The summed E-state index contributed by atoms with van der Waals surface area (Å²) in [7, 11) is 0. The van der Waals surface area contributed by atoms with Crippen LogP contribution in [0.1, 0.15) is 11.1 Å². The highest BCUT2D eigenvalue weighted by molar-refractivity contribution is 5.94. The number of aliphatic hydroxyl groups is 1. The van der Waals surface area contributed by atoms with Gasteiger partial charge >= 0.3 is 6.18 Å². The van der Waals surface area contributed by atoms with Crippen LogP contribution in [0.5, 0.6) is 0 Å². The molecule has 0 fully saturated rings. The van der Waals surface area contributed by atoms with Crippen molar-refractivity contribution in [2.45, 2.75) is 6.18 Å². The lowest BCUT2D eigenvalue weighted by Gasteiger charge is -2.08. The number of alkyl halides is 3. The van der Waals surface area contributed by atoms with E-state index >= 15 is 0 Å². The molecule has 3 aromatic rings. The largest absolute Gasteiger partial charge is 0.417 e. The summed E-state index contributed by atoms with van der Waals surface area (Å²) in [6.07, 6.45) is -1.09. The third kappa shape index (κ3) is 3.22. The molecule has 0 spiro atoms. The second-order valence-corrected chi connectivity index (χ2v) is 5.04. The van der Waals surface area contributed by atoms with Crippen LogP contribution in [0.2, 0.25) is 0 Å². The fraction of sp³-hybridized carbons (Fsp3) is 0.200. The summed E-state index contributed by atoms with van der Waals surface area (Å²) in [5.41, 5.74) is -0.0693. The number of nitriles is 1. The van der Waals surface area contributed by atoms with E-state index in [9.17, 15) is 18.4 Å². The Hall–Kier alpha value is -3.19. The predicted octanol–water partition coefficient (Wildman–Crippen LogP) is 2.31. The average Bonchev–Trinajstić information content (AvgIpc) is 3.02. The number of hydrogen-bond acceptors (Lipinski definition) is 6. The Labute approximate surface area is 139 Å². The van der Waals surface area contributed by atoms with Crippen molar-refractivity contribution in [2.75, 3.05) is 18.5 Å². The summed E-state index contributed by atoms with van der Waals surface area (Å²) in [5, 5.41) is 21.0. The van der Waals surface area contributed by atoms with Crippen molar-refractivity contribution in [3.8, 4) is 17.3 Å². The highest BCUT2D eigenvalue weighted by Gasteiger charge is 2.31. The Kier molecular flexibility index (Phi) is 4.24. The van der Waals surface area contributed by atoms with E-state index in [1.807, 2.05) is 6.07 Å². The number of anilines is 1. The number of H-pyrrole nitrogens is 1. The third-order valence-electron chi connectivity index (χ3n) is 3.42. The summed E-state index contributed by atoms with van der Waals surface area (Å²) in [5.74, 6) is 0.150. The second-order valence-electron chi connectivity index (χ2n) is 5.04. The summed E-state index contributed by atoms with van der Waals surface area (Å²) < 4.78 is 38.8. The van der Waals surface area contributed by atoms with Crippen molar-refractivity contribution in [3.63, 3.8) is 0 Å². The molecule has 25 heavy (non-hydrogen) atoms. The van der Waals surface area contributed by atoms with E-state index in [1.54, 1.807) is 0 Å². The van der Waals surface area contributed by atoms with Crippen LogP contribution in [-0.4, -0.2) is 38.2 Å². The van der Waals surface area contributed by atoms with Gasteiger partial charge < -0.3 is 15.4 Å². The van der Waals surface area contributed by atoms with E-state index in [0.29, 0.717) is 5.56 Å². The molecule has 0 unspecified atom stereocenters. The van der Waals surface area contributed by atoms with Crippen LogP contribution in [-0.2, 0) is 6.18 Å². The van der Waals surface area contributed by atoms with Crippen LogP contribution in [0.15, 0.2) is 24.7 Å². The molecule has 128 valence electrons. The number of hydrogen-bond donors (Lipinski definition) is 3. The first-order valence-electron chi connectivity index (χ1n) is 7.10. The Morgan fingerprint density at radius 2 is 2.08 bits per heavy atom. The Bertz CT molecular complexity index is 960. The van der Waals surface area contributed by atoms with Gasteiger partial charge in [-0.2, -0.15) is 18.4 Å². The van der Waals surface area contributed by atoms with E-state index in [1.165, 1.54) is 12.4 Å². The fourth-order valence-corrected chi connectivity index (χ4v) is 2.28. The molecule has 3 heterocycles. The summed E-state index contributed by atoms with van der Waals surface area (Å²) in [6, 6.07) is 2.87. The van der Waals surface area contributed by atoms with Crippen molar-refractivity contribution >= 4 is 17.0 Å². The predicted molar refractivity (Wildman–Crippen MR) is 82.4 cm³/mol. The Morgan fingerprint density at radius 1 is 1.28 bits per heavy atom. The molecule has 3 aromatic heterocycles. The van der Waals surface area contributed by atoms with Gasteiger partial charge in [0.2, 0.25) is 5.95 Å². The maximum Gasteiger partial charge on any atom is 0.417 e. The minimum atomic E-state index is -4.53. The lowest BCUT2D eigenvalue weighted by molar-refractivity contribution is -0.137. The highest BCUT2D eigenvalue weighted by atomic mass is 19.4. The second kappa shape index (κ2) is 6.37. The number of halogens is 3. The van der Waals surface area contributed by atoms with Gasteiger partial charge in [-0.05, 0) is 6.07 Å². The van der Waals surface area contributed by atoms with Gasteiger partial charge in [0.25, 0.3) is 0 Å². The molecule has 0 saturated heterocycles. The van der Waals surface area contributed by atoms with E-state index in [4.69, 9.17) is 5.11 Å². The lowest BCUT2D eigenvalue weighted by atomic mass is 10.1. The van der Waals surface area contributed by atoms with Gasteiger partial charge in [0, 0.05) is 29.9 Å². The minimum Gasteiger partial charge on any atom is -0.395 e. The van der Waals surface area contributed by atoms with Crippen molar-refractivity contribution in [2.24, 2.45) is 0 Å². The van der Waals surface area contributed by atoms with Crippen molar-refractivity contribution < 1.29 is 18.3 Å². The number of aromatic amines is 1. The van der Waals surface area contributed by atoms with Crippen LogP contribution in [0.4, 0.5) is 19.1 Å². The number of aliphatic hydroxyl groups excluding tert-OH is 1. The van der Waals surface area contributed by atoms with Crippen molar-refractivity contribution in [1.29, 1.82) is 5.26 Å². The molecule has 7 nitrogen and oxygen atoms in total. The first-order valence-corrected chi connectivity index (χ1v) is 7.10. The molecule has 0 atom stereocenters. The van der Waals surface area contributed by atoms with Gasteiger partial charge in [-0.1, -0.05) is 0 Å². The van der Waals surface area contributed by atoms with Crippen LogP contribution >= 0.6 is 0 Å². The number of fused-ring (bicyclic) bond motifs is 1. The Balaban J connectivity index is 2.17. The molecule has 10 heteroatoms. The SMILES string of the molecule is N#Cc1cnc(NCCO)nc1-c1c[nH]c2ncc(C(F)(F)F)cc12. The van der Waals surface area contributed by atoms with Gasteiger partial charge in [-0.3, -0.25) is 0 Å². The fourth-order valence-electron chi connectivity index (χ4n) is 2.28. The molecule has 0 aliphatic heterocycles. The zero-order valence-corrected chi connectivity index (χ0v) is 12.6. The zero-order chi connectivity index (χ0) is 18.0. The minimum absolute atomic E-state index is 0.105. The number of pyridine rings is 1. The molecule has 0 radical (unpaired) electrons. The van der Waals surface area contributed by atoms with E-state index in [-0.39, 0.29) is 41.4 Å². The normalized spacial score (nSPS) is 11.5. The van der Waals surface area contributed by atoms with Gasteiger partial charge in [0.15, 0.2) is 0 Å². The molecule has 0 aliphatic rings. The molecule has 0 bridgehead atoms. The molecule has 0 amide bonds. The van der Waals surface area contributed by atoms with E-state index in [0.717, 1.165) is 12.3 Å². The standard InChI is InChI=1S/C15H11F3N6O/c16-15(17,18)9-3-10-11(7-22-13(10)21-6-9)12-8(4-19)5-23-14(24-12)20-1-2-25/h3,5-7,25H,1-2H2,(H,21,22)(H,20,23,24). The van der Waals surface area contributed by atoms with Gasteiger partial charge in [-0.25, -0.2) is 15.0 Å². The zero-order valence-electron chi connectivity index (χ0n) is 12.6. The average molecular weight is 348 g/mol. The van der Waals surface area contributed by atoms with Crippen LogP contribution in [0.3, 0.4) is 0 Å². The highest BCUT2D eigenvalue weighted by Crippen LogP contribution is 2.34. The molecular formula is C15H11F3N6O. The van der Waals surface area contributed by atoms with Crippen LogP contribution in [0, 0.1) is 11.3 Å². The first kappa shape index (κ1) is 16.7. The molecule has 0 aliphatic carbocycles. The van der Waals surface area contributed by atoms with Crippen LogP contribution in [0.25, 0.3) is 22.3 Å². The van der Waals surface area contributed by atoms with Crippen molar-refractivity contribution in [1.82, 2.24) is 19.9 Å². The molecule has 3 N–H and O–H groups in total. The smallest absolute Gasteiger partial charge is 0.395 e. The van der Waals surface area contributed by atoms with E-state index < -0.39 is 11.7 Å². The van der Waals surface area contributed by atoms with E-state index in [2.05, 4.69) is 25.3 Å².